The Balaban J connectivity index is 2.68. The molecule has 1 heterocycles. The molecule has 0 aliphatic heterocycles. The summed E-state index contributed by atoms with van der Waals surface area (Å²) < 4.78 is 9.87. The molecule has 1 unspecified atom stereocenters. The highest BCUT2D eigenvalue weighted by Crippen LogP contribution is 2.29. The van der Waals surface area contributed by atoms with Crippen molar-refractivity contribution in [1.29, 1.82) is 0 Å². The van der Waals surface area contributed by atoms with Crippen LogP contribution in [0.15, 0.2) is 4.52 Å². The number of carbonyl (C=O) groups excluding carboxylic acids is 1. The molecule has 19 heavy (non-hydrogen) atoms. The van der Waals surface area contributed by atoms with Crippen LogP contribution in [-0.2, 0) is 9.53 Å². The largest absolute Gasteiger partial charge is 0.469 e. The second kappa shape index (κ2) is 7.94. The number of hydrogen-bond donors (Lipinski definition) is 1. The molecule has 1 aromatic rings. The van der Waals surface area contributed by atoms with Crippen molar-refractivity contribution in [3.05, 3.63) is 17.0 Å². The molecular weight excluding hydrogens is 246 g/mol. The Hall–Kier alpha value is -1.36. The van der Waals surface area contributed by atoms with Crippen LogP contribution in [0.2, 0.25) is 0 Å². The van der Waals surface area contributed by atoms with Crippen molar-refractivity contribution in [3.8, 4) is 0 Å². The van der Waals surface area contributed by atoms with Crippen molar-refractivity contribution in [2.45, 2.75) is 51.9 Å². The Morgan fingerprint density at radius 2 is 2.11 bits per heavy atom. The van der Waals surface area contributed by atoms with E-state index in [4.69, 9.17) is 9.63 Å². The number of carbonyl (C=O) groups is 1. The lowest BCUT2D eigenvalue weighted by molar-refractivity contribution is -0.140. The van der Waals surface area contributed by atoms with Crippen molar-refractivity contribution in [3.63, 3.8) is 0 Å². The molecule has 0 aliphatic carbocycles. The highest BCUT2D eigenvalue weighted by atomic mass is 16.5. The van der Waals surface area contributed by atoms with Crippen LogP contribution in [0.5, 0.6) is 0 Å². The van der Waals surface area contributed by atoms with E-state index < -0.39 is 0 Å². The standard InChI is InChI=1S/C14H23NO4/c1-10-11(2)19-15-14(10)12(6-4-5-9-16)7-8-13(17)18-3/h12,16H,4-9H2,1-3H3. The van der Waals surface area contributed by atoms with E-state index in [1.54, 1.807) is 0 Å². The quantitative estimate of drug-likeness (QED) is 0.580. The van der Waals surface area contributed by atoms with Crippen LogP contribution in [0, 0.1) is 13.8 Å². The van der Waals surface area contributed by atoms with Crippen LogP contribution >= 0.6 is 0 Å². The zero-order valence-electron chi connectivity index (χ0n) is 11.9. The van der Waals surface area contributed by atoms with Crippen molar-refractivity contribution in [2.24, 2.45) is 0 Å². The predicted molar refractivity (Wildman–Crippen MR) is 70.9 cm³/mol. The molecule has 0 spiro atoms. The molecule has 0 radical (unpaired) electrons. The highest BCUT2D eigenvalue weighted by Gasteiger charge is 2.20. The molecule has 0 aromatic carbocycles. The van der Waals surface area contributed by atoms with Gasteiger partial charge in [0.2, 0.25) is 0 Å². The maximum Gasteiger partial charge on any atom is 0.305 e. The smallest absolute Gasteiger partial charge is 0.305 e. The van der Waals surface area contributed by atoms with Gasteiger partial charge in [-0.15, -0.1) is 0 Å². The van der Waals surface area contributed by atoms with E-state index in [0.717, 1.165) is 36.3 Å². The zero-order chi connectivity index (χ0) is 14.3. The van der Waals surface area contributed by atoms with Gasteiger partial charge in [0.15, 0.2) is 0 Å². The van der Waals surface area contributed by atoms with Gasteiger partial charge in [-0.25, -0.2) is 0 Å². The number of esters is 1. The van der Waals surface area contributed by atoms with Crippen molar-refractivity contribution >= 4 is 5.97 Å². The summed E-state index contributed by atoms with van der Waals surface area (Å²) in [6.45, 7) is 4.07. The summed E-state index contributed by atoms with van der Waals surface area (Å²) in [7, 11) is 1.40. The fourth-order valence-corrected chi connectivity index (χ4v) is 2.13. The maximum absolute atomic E-state index is 11.3. The van der Waals surface area contributed by atoms with Gasteiger partial charge in [-0.2, -0.15) is 0 Å². The average Bonchev–Trinajstić information content (AvgIpc) is 2.74. The summed E-state index contributed by atoms with van der Waals surface area (Å²) in [5.41, 5.74) is 1.98. The van der Waals surface area contributed by atoms with E-state index in [2.05, 4.69) is 9.89 Å². The number of hydrogen-bond acceptors (Lipinski definition) is 5. The average molecular weight is 269 g/mol. The maximum atomic E-state index is 11.3. The second-order valence-corrected chi connectivity index (χ2v) is 4.78. The van der Waals surface area contributed by atoms with Crippen LogP contribution in [0.3, 0.4) is 0 Å². The second-order valence-electron chi connectivity index (χ2n) is 4.78. The number of methoxy groups -OCH3 is 1. The third kappa shape index (κ3) is 4.67. The van der Waals surface area contributed by atoms with Crippen molar-refractivity contribution in [2.75, 3.05) is 13.7 Å². The predicted octanol–water partition coefficient (Wildman–Crippen LogP) is 2.49. The summed E-state index contributed by atoms with van der Waals surface area (Å²) in [6, 6.07) is 0. The first-order chi connectivity index (χ1) is 9.10. The van der Waals surface area contributed by atoms with E-state index in [0.29, 0.717) is 12.8 Å². The molecule has 0 saturated heterocycles. The van der Waals surface area contributed by atoms with Gasteiger partial charge in [-0.05, 0) is 33.1 Å². The van der Waals surface area contributed by atoms with Gasteiger partial charge < -0.3 is 14.4 Å². The Kier molecular flexibility index (Phi) is 6.56. The summed E-state index contributed by atoms with van der Waals surface area (Å²) >= 11 is 0. The fourth-order valence-electron chi connectivity index (χ4n) is 2.13. The van der Waals surface area contributed by atoms with Crippen LogP contribution < -0.4 is 0 Å². The molecule has 0 fully saturated rings. The molecule has 5 heteroatoms. The Morgan fingerprint density at radius 1 is 1.37 bits per heavy atom. The van der Waals surface area contributed by atoms with E-state index in [-0.39, 0.29) is 18.5 Å². The van der Waals surface area contributed by atoms with Crippen molar-refractivity contribution in [1.82, 2.24) is 5.16 Å². The first kappa shape index (κ1) is 15.7. The fraction of sp³-hybridized carbons (Fsp3) is 0.714. The summed E-state index contributed by atoms with van der Waals surface area (Å²) in [5, 5.41) is 13.0. The van der Waals surface area contributed by atoms with Gasteiger partial charge >= 0.3 is 5.97 Å². The number of aliphatic hydroxyl groups is 1. The monoisotopic (exact) mass is 269 g/mol. The van der Waals surface area contributed by atoms with E-state index >= 15 is 0 Å². The van der Waals surface area contributed by atoms with Gasteiger partial charge in [-0.3, -0.25) is 4.79 Å². The van der Waals surface area contributed by atoms with Gasteiger partial charge in [0.05, 0.1) is 12.8 Å². The lowest BCUT2D eigenvalue weighted by atomic mass is 9.91. The minimum Gasteiger partial charge on any atom is -0.469 e. The van der Waals surface area contributed by atoms with Gasteiger partial charge in [-0.1, -0.05) is 11.6 Å². The van der Waals surface area contributed by atoms with Gasteiger partial charge in [0.25, 0.3) is 0 Å². The Bertz CT molecular complexity index is 400. The zero-order valence-corrected chi connectivity index (χ0v) is 11.9. The lowest BCUT2D eigenvalue weighted by Crippen LogP contribution is -2.07. The molecule has 0 aliphatic rings. The number of aryl methyl sites for hydroxylation is 1. The summed E-state index contributed by atoms with van der Waals surface area (Å²) in [5.74, 6) is 0.799. The van der Waals surface area contributed by atoms with Crippen LogP contribution in [0.4, 0.5) is 0 Å². The molecule has 1 atom stereocenters. The molecule has 1 N–H and O–H groups in total. The number of aromatic nitrogens is 1. The number of unbranched alkanes of at least 4 members (excludes halogenated alkanes) is 1. The molecule has 0 saturated carbocycles. The van der Waals surface area contributed by atoms with E-state index in [9.17, 15) is 4.79 Å². The number of aliphatic hydroxyl groups excluding tert-OH is 1. The Labute approximate surface area is 113 Å². The van der Waals surface area contributed by atoms with Crippen LogP contribution in [0.25, 0.3) is 0 Å². The number of rotatable bonds is 8. The van der Waals surface area contributed by atoms with Crippen molar-refractivity contribution < 1.29 is 19.2 Å². The topological polar surface area (TPSA) is 72.6 Å². The van der Waals surface area contributed by atoms with Gasteiger partial charge in [0.1, 0.15) is 5.76 Å². The molecular formula is C14H23NO4. The van der Waals surface area contributed by atoms with Crippen LogP contribution in [-0.4, -0.2) is 29.9 Å². The first-order valence-electron chi connectivity index (χ1n) is 6.70. The van der Waals surface area contributed by atoms with Gasteiger partial charge in [0, 0.05) is 24.5 Å². The van der Waals surface area contributed by atoms with Crippen LogP contribution in [0.1, 0.15) is 55.0 Å². The third-order valence-corrected chi connectivity index (χ3v) is 3.47. The first-order valence-corrected chi connectivity index (χ1v) is 6.70. The molecule has 1 rings (SSSR count). The third-order valence-electron chi connectivity index (χ3n) is 3.47. The molecule has 108 valence electrons. The Morgan fingerprint density at radius 3 is 2.63 bits per heavy atom. The summed E-state index contributed by atoms with van der Waals surface area (Å²) in [6.07, 6.45) is 3.65. The SMILES string of the molecule is COC(=O)CCC(CCCCO)c1noc(C)c1C. The highest BCUT2D eigenvalue weighted by molar-refractivity contribution is 5.69. The number of nitrogens with zero attached hydrogens (tertiary/aromatic N) is 1. The molecule has 1 aromatic heterocycles. The minimum absolute atomic E-state index is 0.183. The lowest BCUT2D eigenvalue weighted by Gasteiger charge is -2.14. The molecule has 5 nitrogen and oxygen atoms in total. The molecule has 0 amide bonds. The van der Waals surface area contributed by atoms with E-state index in [1.165, 1.54) is 7.11 Å². The van der Waals surface area contributed by atoms with E-state index in [1.807, 2.05) is 13.8 Å². The summed E-state index contributed by atoms with van der Waals surface area (Å²) in [4.78, 5) is 11.3. The normalized spacial score (nSPS) is 12.4. The minimum atomic E-state index is -0.204. The molecule has 0 bridgehead atoms. The number of ether oxygens (including phenoxy) is 1.